The molecule has 170 valence electrons. The predicted molar refractivity (Wildman–Crippen MR) is 120 cm³/mol. The van der Waals surface area contributed by atoms with Gasteiger partial charge in [0.15, 0.2) is 11.5 Å². The van der Waals surface area contributed by atoms with Crippen LogP contribution in [0.3, 0.4) is 0 Å². The zero-order valence-corrected chi connectivity index (χ0v) is 18.1. The molecule has 1 unspecified atom stereocenters. The van der Waals surface area contributed by atoms with Crippen LogP contribution in [0.5, 0.6) is 0 Å². The highest BCUT2D eigenvalue weighted by Crippen LogP contribution is 2.24. The van der Waals surface area contributed by atoms with E-state index >= 15 is 0 Å². The average Bonchev–Trinajstić information content (AvgIpc) is 3.20. The number of nitrogens with zero attached hydrogens (tertiary/aromatic N) is 3. The number of aromatic nitrogens is 3. The van der Waals surface area contributed by atoms with E-state index in [9.17, 15) is 22.2 Å². The van der Waals surface area contributed by atoms with Crippen molar-refractivity contribution in [1.29, 1.82) is 0 Å². The van der Waals surface area contributed by atoms with Crippen molar-refractivity contribution >= 4 is 33.9 Å². The first-order chi connectivity index (χ1) is 15.9. The molecule has 0 radical (unpaired) electrons. The van der Waals surface area contributed by atoms with Gasteiger partial charge < -0.3 is 10.0 Å². The molecule has 33 heavy (non-hydrogen) atoms. The van der Waals surface area contributed by atoms with E-state index in [1.165, 1.54) is 29.0 Å². The fourth-order valence-electron chi connectivity index (χ4n) is 3.10. The van der Waals surface area contributed by atoms with Crippen LogP contribution in [0, 0.1) is 17.5 Å². The third-order valence-corrected chi connectivity index (χ3v) is 5.87. The van der Waals surface area contributed by atoms with Crippen LogP contribution in [-0.4, -0.2) is 30.5 Å². The number of hydrogen-bond acceptors (Lipinski definition) is 4. The summed E-state index contributed by atoms with van der Waals surface area (Å²) in [4.78, 5) is 16.8. The van der Waals surface area contributed by atoms with Gasteiger partial charge in [-0.3, -0.25) is 4.79 Å². The van der Waals surface area contributed by atoms with E-state index < -0.39 is 34.1 Å². The summed E-state index contributed by atoms with van der Waals surface area (Å²) in [5.41, 5.74) is 0.740. The lowest BCUT2D eigenvalue weighted by Gasteiger charge is -2.11. The normalized spacial score (nSPS) is 12.0. The topological polar surface area (TPSA) is 88.4 Å². The van der Waals surface area contributed by atoms with E-state index in [2.05, 4.69) is 20.1 Å². The molecule has 0 aliphatic rings. The number of anilines is 2. The van der Waals surface area contributed by atoms with Crippen molar-refractivity contribution in [2.24, 2.45) is 0 Å². The molecule has 2 aromatic heterocycles. The highest BCUT2D eigenvalue weighted by molar-refractivity contribution is 7.86. The quantitative estimate of drug-likeness (QED) is 0.412. The first kappa shape index (κ1) is 22.5. The maximum atomic E-state index is 14.8. The molecule has 0 bridgehead atoms. The third kappa shape index (κ3) is 4.87. The fourth-order valence-corrected chi connectivity index (χ4v) is 3.97. The van der Waals surface area contributed by atoms with Crippen molar-refractivity contribution in [1.82, 2.24) is 14.6 Å². The van der Waals surface area contributed by atoms with Gasteiger partial charge in [-0.2, -0.15) is 5.10 Å². The molecule has 0 fully saturated rings. The van der Waals surface area contributed by atoms with Crippen LogP contribution in [0.4, 0.5) is 24.5 Å². The molecule has 7 nitrogen and oxygen atoms in total. The molecule has 0 saturated carbocycles. The zero-order valence-electron chi connectivity index (χ0n) is 17.3. The summed E-state index contributed by atoms with van der Waals surface area (Å²) in [5, 5.41) is 6.74. The number of amides is 1. The SMILES string of the molecule is CCCS(=O)Nc1ccc(F)c(C(=O)Nc2cnc3cc(-c4ccc(F)cc4)nn3c2)c1F. The summed E-state index contributed by atoms with van der Waals surface area (Å²) < 4.78 is 57.9. The first-order valence-electron chi connectivity index (χ1n) is 9.91. The van der Waals surface area contributed by atoms with E-state index in [1.807, 2.05) is 6.92 Å². The molecule has 0 saturated heterocycles. The minimum Gasteiger partial charge on any atom is -0.319 e. The molecular weight excluding hydrogens is 455 g/mol. The Bertz CT molecular complexity index is 1360. The maximum absolute atomic E-state index is 14.8. The summed E-state index contributed by atoms with van der Waals surface area (Å²) in [6.45, 7) is 1.81. The fraction of sp³-hybridized carbons (Fsp3) is 0.136. The number of carbonyl (C=O) groups is 1. The maximum Gasteiger partial charge on any atom is 0.261 e. The molecule has 1 atom stereocenters. The van der Waals surface area contributed by atoms with Crippen LogP contribution in [0.1, 0.15) is 23.7 Å². The van der Waals surface area contributed by atoms with Gasteiger partial charge in [0.05, 0.1) is 29.5 Å². The van der Waals surface area contributed by atoms with Gasteiger partial charge in [0, 0.05) is 17.4 Å². The number of nitrogens with one attached hydrogen (secondary N) is 2. The van der Waals surface area contributed by atoms with Crippen molar-refractivity contribution in [2.45, 2.75) is 13.3 Å². The van der Waals surface area contributed by atoms with Crippen LogP contribution in [-0.2, 0) is 11.0 Å². The Hall–Kier alpha value is -3.73. The average molecular weight is 473 g/mol. The smallest absolute Gasteiger partial charge is 0.261 e. The van der Waals surface area contributed by atoms with E-state index in [1.54, 1.807) is 18.2 Å². The van der Waals surface area contributed by atoms with E-state index in [0.29, 0.717) is 23.3 Å². The molecular formula is C22H18F3N5O2S. The molecule has 0 aliphatic heterocycles. The number of halogens is 3. The Balaban J connectivity index is 1.58. The molecule has 11 heteroatoms. The predicted octanol–water partition coefficient (Wildman–Crippen LogP) is 4.55. The van der Waals surface area contributed by atoms with Gasteiger partial charge in [-0.15, -0.1) is 0 Å². The molecule has 2 heterocycles. The molecule has 0 aliphatic carbocycles. The van der Waals surface area contributed by atoms with Crippen LogP contribution < -0.4 is 10.0 Å². The number of hydrogen-bond donors (Lipinski definition) is 2. The third-order valence-electron chi connectivity index (χ3n) is 4.64. The highest BCUT2D eigenvalue weighted by atomic mass is 32.2. The number of carbonyl (C=O) groups excluding carboxylic acids is 1. The second-order valence-corrected chi connectivity index (χ2v) is 8.38. The molecule has 2 N–H and O–H groups in total. The zero-order chi connectivity index (χ0) is 23.5. The standard InChI is InChI=1S/C22H18F3N5O2S/c1-2-9-33(32)29-17-8-7-16(24)20(21(17)25)22(31)27-15-11-26-19-10-18(28-30(19)12-15)13-3-5-14(23)6-4-13/h3-8,10-12,29H,2,9H2,1H3,(H,27,31). The Morgan fingerprint density at radius 1 is 1.12 bits per heavy atom. The highest BCUT2D eigenvalue weighted by Gasteiger charge is 2.22. The van der Waals surface area contributed by atoms with Crippen molar-refractivity contribution < 1.29 is 22.2 Å². The summed E-state index contributed by atoms with van der Waals surface area (Å²) in [6, 6.07) is 9.44. The van der Waals surface area contributed by atoms with E-state index in [-0.39, 0.29) is 22.9 Å². The Labute approximate surface area is 189 Å². The first-order valence-corrected chi connectivity index (χ1v) is 11.2. The Morgan fingerprint density at radius 3 is 2.61 bits per heavy atom. The van der Waals surface area contributed by atoms with Gasteiger partial charge in [0.2, 0.25) is 0 Å². The van der Waals surface area contributed by atoms with Gasteiger partial charge >= 0.3 is 0 Å². The molecule has 0 spiro atoms. The lowest BCUT2D eigenvalue weighted by molar-refractivity contribution is 0.101. The minimum atomic E-state index is -1.56. The van der Waals surface area contributed by atoms with Gasteiger partial charge in [-0.05, 0) is 42.8 Å². The van der Waals surface area contributed by atoms with E-state index in [0.717, 1.165) is 12.1 Å². The van der Waals surface area contributed by atoms with Crippen molar-refractivity contribution in [2.75, 3.05) is 15.8 Å². The van der Waals surface area contributed by atoms with Crippen molar-refractivity contribution in [3.8, 4) is 11.3 Å². The van der Waals surface area contributed by atoms with Crippen LogP contribution in [0.25, 0.3) is 16.9 Å². The molecule has 4 rings (SSSR count). The van der Waals surface area contributed by atoms with Gasteiger partial charge in [0.25, 0.3) is 5.91 Å². The largest absolute Gasteiger partial charge is 0.319 e. The van der Waals surface area contributed by atoms with Crippen LogP contribution in [0.15, 0.2) is 54.9 Å². The summed E-state index contributed by atoms with van der Waals surface area (Å²) in [7, 11) is -1.56. The van der Waals surface area contributed by atoms with Crippen molar-refractivity contribution in [3.63, 3.8) is 0 Å². The monoisotopic (exact) mass is 473 g/mol. The van der Waals surface area contributed by atoms with Gasteiger partial charge in [-0.1, -0.05) is 6.92 Å². The lowest BCUT2D eigenvalue weighted by atomic mass is 10.1. The minimum absolute atomic E-state index is 0.146. The van der Waals surface area contributed by atoms with Gasteiger partial charge in [0.1, 0.15) is 28.2 Å². The van der Waals surface area contributed by atoms with E-state index in [4.69, 9.17) is 0 Å². The number of fused-ring (bicyclic) bond motifs is 1. The molecule has 1 amide bonds. The second-order valence-electron chi connectivity index (χ2n) is 7.07. The summed E-state index contributed by atoms with van der Waals surface area (Å²) in [5.74, 6) is -3.36. The Kier molecular flexibility index (Phi) is 6.40. The van der Waals surface area contributed by atoms with Gasteiger partial charge in [-0.25, -0.2) is 26.9 Å². The lowest BCUT2D eigenvalue weighted by Crippen LogP contribution is -2.18. The summed E-state index contributed by atoms with van der Waals surface area (Å²) in [6.07, 6.45) is 3.35. The van der Waals surface area contributed by atoms with Crippen molar-refractivity contribution in [3.05, 3.63) is 77.9 Å². The Morgan fingerprint density at radius 2 is 1.88 bits per heavy atom. The molecule has 4 aromatic rings. The van der Waals surface area contributed by atoms with Crippen LogP contribution >= 0.6 is 0 Å². The van der Waals surface area contributed by atoms with Crippen LogP contribution in [0.2, 0.25) is 0 Å². The molecule has 2 aromatic carbocycles. The summed E-state index contributed by atoms with van der Waals surface area (Å²) >= 11 is 0. The number of benzene rings is 2. The second kappa shape index (κ2) is 9.41. The number of rotatable bonds is 7.